The lowest BCUT2D eigenvalue weighted by Gasteiger charge is -2.11. The summed E-state index contributed by atoms with van der Waals surface area (Å²) in [6.45, 7) is -0.466. The molecule has 1 aromatic carbocycles. The smallest absolute Gasteiger partial charge is 0.386 e. The zero-order valence-corrected chi connectivity index (χ0v) is 9.23. The first-order chi connectivity index (χ1) is 6.88. The van der Waals surface area contributed by atoms with Gasteiger partial charge in [0.05, 0.1) is 6.61 Å². The molecule has 7 heteroatoms. The van der Waals surface area contributed by atoms with Crippen LogP contribution in [0.3, 0.4) is 0 Å². The van der Waals surface area contributed by atoms with E-state index in [1.807, 2.05) is 0 Å². The highest BCUT2D eigenvalue weighted by molar-refractivity contribution is 7.46. The van der Waals surface area contributed by atoms with Gasteiger partial charge in [-0.1, -0.05) is 23.7 Å². The minimum absolute atomic E-state index is 0.466. The van der Waals surface area contributed by atoms with Gasteiger partial charge in [-0.15, -0.1) is 0 Å². The van der Waals surface area contributed by atoms with Gasteiger partial charge in [0.2, 0.25) is 0 Å². The predicted octanol–water partition coefficient (Wildman–Crippen LogP) is 1.48. The molecule has 1 atom stereocenters. The van der Waals surface area contributed by atoms with Crippen molar-refractivity contribution in [2.45, 2.75) is 6.10 Å². The number of halogens is 1. The van der Waals surface area contributed by atoms with Crippen LogP contribution in [0.25, 0.3) is 0 Å². The van der Waals surface area contributed by atoms with Crippen LogP contribution in [0.2, 0.25) is 5.02 Å². The normalized spacial score (nSPS) is 13.9. The highest BCUT2D eigenvalue weighted by atomic mass is 35.5. The molecule has 5 nitrogen and oxygen atoms in total. The number of rotatable bonds is 4. The van der Waals surface area contributed by atoms with Crippen molar-refractivity contribution in [3.05, 3.63) is 34.9 Å². The van der Waals surface area contributed by atoms with Crippen LogP contribution in [-0.4, -0.2) is 21.5 Å². The average molecular weight is 253 g/mol. The Kier molecular flexibility index (Phi) is 4.28. The molecule has 0 saturated heterocycles. The van der Waals surface area contributed by atoms with Crippen LogP contribution >= 0.6 is 19.4 Å². The van der Waals surface area contributed by atoms with Crippen LogP contribution in [0.1, 0.15) is 11.7 Å². The molecule has 84 valence electrons. The summed E-state index contributed by atoms with van der Waals surface area (Å²) in [6.07, 6.45) is -1.09. The van der Waals surface area contributed by atoms with Gasteiger partial charge < -0.3 is 14.9 Å². The molecule has 3 N–H and O–H groups in total. The molecule has 0 aliphatic rings. The Bertz CT molecular complexity index is 360. The monoisotopic (exact) mass is 252 g/mol. The molecular formula is C8H10ClO5P. The SMILES string of the molecule is O=P(O)(O)OCC(O)c1ccc(Cl)cc1. The van der Waals surface area contributed by atoms with Gasteiger partial charge in [-0.2, -0.15) is 0 Å². The summed E-state index contributed by atoms with van der Waals surface area (Å²) in [6, 6.07) is 6.24. The molecule has 0 aromatic heterocycles. The van der Waals surface area contributed by atoms with E-state index < -0.39 is 20.5 Å². The van der Waals surface area contributed by atoms with E-state index in [-0.39, 0.29) is 0 Å². The lowest BCUT2D eigenvalue weighted by atomic mass is 10.1. The predicted molar refractivity (Wildman–Crippen MR) is 54.4 cm³/mol. The number of benzene rings is 1. The summed E-state index contributed by atoms with van der Waals surface area (Å²) in [5, 5.41) is 9.98. The first-order valence-electron chi connectivity index (χ1n) is 4.02. The maximum Gasteiger partial charge on any atom is 0.469 e. The van der Waals surface area contributed by atoms with Crippen molar-refractivity contribution in [2.75, 3.05) is 6.61 Å². The zero-order chi connectivity index (χ0) is 11.5. The van der Waals surface area contributed by atoms with Crippen molar-refractivity contribution in [1.82, 2.24) is 0 Å². The van der Waals surface area contributed by atoms with E-state index >= 15 is 0 Å². The Hall–Kier alpha value is -0.420. The van der Waals surface area contributed by atoms with Crippen LogP contribution < -0.4 is 0 Å². The number of phosphoric ester groups is 1. The largest absolute Gasteiger partial charge is 0.469 e. The van der Waals surface area contributed by atoms with Crippen LogP contribution in [-0.2, 0) is 9.09 Å². The molecule has 0 heterocycles. The minimum Gasteiger partial charge on any atom is -0.386 e. The summed E-state index contributed by atoms with van der Waals surface area (Å²) in [5.41, 5.74) is 0.479. The van der Waals surface area contributed by atoms with Crippen molar-refractivity contribution in [1.29, 1.82) is 0 Å². The van der Waals surface area contributed by atoms with Gasteiger partial charge in [-0.3, -0.25) is 4.52 Å². The fourth-order valence-corrected chi connectivity index (χ4v) is 1.41. The molecule has 0 saturated carbocycles. The quantitative estimate of drug-likeness (QED) is 0.707. The molecule has 0 amide bonds. The van der Waals surface area contributed by atoms with Gasteiger partial charge in [0.15, 0.2) is 0 Å². The molecule has 0 spiro atoms. The number of aliphatic hydroxyl groups excluding tert-OH is 1. The van der Waals surface area contributed by atoms with E-state index in [2.05, 4.69) is 4.52 Å². The fraction of sp³-hybridized carbons (Fsp3) is 0.250. The van der Waals surface area contributed by atoms with Crippen LogP contribution in [0.5, 0.6) is 0 Å². The topological polar surface area (TPSA) is 87.0 Å². The summed E-state index contributed by atoms with van der Waals surface area (Å²) in [4.78, 5) is 16.8. The number of aliphatic hydroxyl groups is 1. The summed E-state index contributed by atoms with van der Waals surface area (Å²) in [5.74, 6) is 0. The van der Waals surface area contributed by atoms with Crippen molar-refractivity contribution in [2.24, 2.45) is 0 Å². The Balaban J connectivity index is 2.58. The number of hydrogen-bond acceptors (Lipinski definition) is 3. The number of hydrogen-bond donors (Lipinski definition) is 3. The average Bonchev–Trinajstić information content (AvgIpc) is 2.14. The second kappa shape index (κ2) is 5.07. The van der Waals surface area contributed by atoms with Crippen molar-refractivity contribution < 1.29 is 24.0 Å². The molecule has 0 bridgehead atoms. The molecule has 15 heavy (non-hydrogen) atoms. The third-order valence-electron chi connectivity index (χ3n) is 1.66. The van der Waals surface area contributed by atoms with E-state index in [1.165, 1.54) is 0 Å². The van der Waals surface area contributed by atoms with E-state index in [0.29, 0.717) is 10.6 Å². The minimum atomic E-state index is -4.54. The summed E-state index contributed by atoms with van der Waals surface area (Å²) in [7, 11) is -4.54. The molecule has 0 aliphatic carbocycles. The molecular weight excluding hydrogens is 243 g/mol. The first-order valence-corrected chi connectivity index (χ1v) is 5.93. The third kappa shape index (κ3) is 4.75. The van der Waals surface area contributed by atoms with Gasteiger partial charge >= 0.3 is 7.82 Å². The van der Waals surface area contributed by atoms with E-state index in [9.17, 15) is 9.67 Å². The van der Waals surface area contributed by atoms with Gasteiger partial charge in [-0.05, 0) is 17.7 Å². The van der Waals surface area contributed by atoms with Crippen LogP contribution in [0.4, 0.5) is 0 Å². The van der Waals surface area contributed by atoms with E-state index in [0.717, 1.165) is 0 Å². The highest BCUT2D eigenvalue weighted by Crippen LogP contribution is 2.37. The van der Waals surface area contributed by atoms with Gasteiger partial charge in [0.25, 0.3) is 0 Å². The molecule has 0 fully saturated rings. The Morgan fingerprint density at radius 2 is 1.87 bits per heavy atom. The summed E-state index contributed by atoms with van der Waals surface area (Å²) < 4.78 is 14.5. The number of phosphoric acid groups is 1. The third-order valence-corrected chi connectivity index (χ3v) is 2.39. The maximum atomic E-state index is 10.4. The Morgan fingerprint density at radius 1 is 1.33 bits per heavy atom. The van der Waals surface area contributed by atoms with Crippen LogP contribution in [0, 0.1) is 0 Å². The highest BCUT2D eigenvalue weighted by Gasteiger charge is 2.17. The Labute approximate surface area is 91.5 Å². The van der Waals surface area contributed by atoms with Crippen molar-refractivity contribution >= 4 is 19.4 Å². The van der Waals surface area contributed by atoms with E-state index in [1.54, 1.807) is 24.3 Å². The second-order valence-corrected chi connectivity index (χ2v) is 4.53. The van der Waals surface area contributed by atoms with Crippen LogP contribution in [0.15, 0.2) is 24.3 Å². The lowest BCUT2D eigenvalue weighted by molar-refractivity contribution is 0.0851. The van der Waals surface area contributed by atoms with Gasteiger partial charge in [0.1, 0.15) is 6.10 Å². The second-order valence-electron chi connectivity index (χ2n) is 2.85. The molecule has 1 unspecified atom stereocenters. The molecule has 1 aromatic rings. The van der Waals surface area contributed by atoms with E-state index in [4.69, 9.17) is 21.4 Å². The molecule has 0 radical (unpaired) electrons. The first kappa shape index (κ1) is 12.6. The standard InChI is InChI=1S/C8H10ClO5P/c9-7-3-1-6(2-4-7)8(10)5-14-15(11,12)13/h1-4,8,10H,5H2,(H2,11,12,13). The van der Waals surface area contributed by atoms with Gasteiger partial charge in [0, 0.05) is 5.02 Å². The molecule has 1 rings (SSSR count). The van der Waals surface area contributed by atoms with Crippen molar-refractivity contribution in [3.8, 4) is 0 Å². The maximum absolute atomic E-state index is 10.4. The Morgan fingerprint density at radius 3 is 2.33 bits per heavy atom. The molecule has 0 aliphatic heterocycles. The summed E-state index contributed by atoms with van der Waals surface area (Å²) >= 11 is 5.63. The van der Waals surface area contributed by atoms with Gasteiger partial charge in [-0.25, -0.2) is 4.57 Å². The lowest BCUT2D eigenvalue weighted by Crippen LogP contribution is -2.05. The fourth-order valence-electron chi connectivity index (χ4n) is 0.949. The zero-order valence-electron chi connectivity index (χ0n) is 7.58. The van der Waals surface area contributed by atoms with Crippen molar-refractivity contribution in [3.63, 3.8) is 0 Å².